The van der Waals surface area contributed by atoms with E-state index in [4.69, 9.17) is 19.4 Å². The molecule has 0 atom stereocenters. The summed E-state index contributed by atoms with van der Waals surface area (Å²) in [7, 11) is 1.51. The minimum absolute atomic E-state index is 0.0311. The average molecular weight is 492 g/mol. The van der Waals surface area contributed by atoms with Crippen LogP contribution in [0.2, 0.25) is 0 Å². The van der Waals surface area contributed by atoms with Crippen molar-refractivity contribution in [3.8, 4) is 23.0 Å². The topological polar surface area (TPSA) is 138 Å². The van der Waals surface area contributed by atoms with E-state index in [-0.39, 0.29) is 53.2 Å². The molecular formula is C26H24N2O8. The van der Waals surface area contributed by atoms with Gasteiger partial charge in [-0.05, 0) is 36.4 Å². The molecule has 1 spiro atoms. The number of fused-ring (bicyclic) bond motifs is 6. The number of amides is 1. The van der Waals surface area contributed by atoms with Gasteiger partial charge in [0.25, 0.3) is 5.91 Å². The van der Waals surface area contributed by atoms with Crippen LogP contribution in [-0.2, 0) is 15.1 Å². The largest absolute Gasteiger partial charge is 0.508 e. The summed E-state index contributed by atoms with van der Waals surface area (Å²) in [6, 6.07) is 13.8. The van der Waals surface area contributed by atoms with Crippen molar-refractivity contribution in [2.45, 2.75) is 5.60 Å². The first-order valence-electron chi connectivity index (χ1n) is 11.3. The highest BCUT2D eigenvalue weighted by molar-refractivity contribution is 6.01. The molecule has 2 aliphatic heterocycles. The minimum atomic E-state index is -1.38. The van der Waals surface area contributed by atoms with Crippen molar-refractivity contribution in [2.24, 2.45) is 0 Å². The number of rotatable bonds is 7. The third kappa shape index (κ3) is 4.01. The molecule has 36 heavy (non-hydrogen) atoms. The molecule has 3 aromatic carbocycles. The van der Waals surface area contributed by atoms with E-state index in [9.17, 15) is 19.8 Å². The Morgan fingerprint density at radius 3 is 2.25 bits per heavy atom. The summed E-state index contributed by atoms with van der Waals surface area (Å²) in [5.41, 5.74) is 0.663. The van der Waals surface area contributed by atoms with Crippen molar-refractivity contribution in [1.29, 1.82) is 0 Å². The standard InChI is InChI=1S/C26H24N2O8/c1-28(33)9-11-34-10-8-27-24(31)15-2-5-19-18(12-15)25(32)36-26(19)20-6-3-16(29)13-22(20)35-23-14-17(30)4-7-21(23)26/h2-7,12-14,29-30,33H,8-11H2,1H3,(H,27,31). The number of esters is 1. The number of ether oxygens (including phenoxy) is 3. The third-order valence-electron chi connectivity index (χ3n) is 6.13. The number of likely N-dealkylation sites (N-methyl/N-ethyl adjacent to an activating group) is 1. The number of hydrogen-bond acceptors (Lipinski definition) is 9. The number of nitrogens with one attached hydrogen (secondary N) is 1. The highest BCUT2D eigenvalue weighted by Crippen LogP contribution is 2.57. The van der Waals surface area contributed by atoms with E-state index in [2.05, 4.69) is 5.32 Å². The van der Waals surface area contributed by atoms with Crippen molar-refractivity contribution in [2.75, 3.05) is 33.4 Å². The Hall–Kier alpha value is -4.12. The van der Waals surface area contributed by atoms with Gasteiger partial charge < -0.3 is 34.9 Å². The molecule has 0 unspecified atom stereocenters. The smallest absolute Gasteiger partial charge is 0.340 e. The number of aromatic hydroxyl groups is 2. The van der Waals surface area contributed by atoms with Gasteiger partial charge in [-0.1, -0.05) is 6.07 Å². The van der Waals surface area contributed by atoms with Gasteiger partial charge in [0.1, 0.15) is 23.0 Å². The molecule has 0 fully saturated rings. The zero-order chi connectivity index (χ0) is 25.4. The quantitative estimate of drug-likeness (QED) is 0.223. The van der Waals surface area contributed by atoms with E-state index in [1.807, 2.05) is 0 Å². The molecule has 5 rings (SSSR count). The zero-order valence-electron chi connectivity index (χ0n) is 19.4. The first-order valence-corrected chi connectivity index (χ1v) is 11.3. The first-order chi connectivity index (χ1) is 17.3. The third-order valence-corrected chi connectivity index (χ3v) is 6.13. The molecule has 186 valence electrons. The van der Waals surface area contributed by atoms with Crippen LogP contribution in [0, 0.1) is 0 Å². The van der Waals surface area contributed by atoms with Crippen molar-refractivity contribution >= 4 is 11.9 Å². The first kappa shape index (κ1) is 23.6. The van der Waals surface area contributed by atoms with E-state index in [1.165, 1.54) is 37.4 Å². The number of benzene rings is 3. The van der Waals surface area contributed by atoms with Gasteiger partial charge in [-0.3, -0.25) is 4.79 Å². The number of hydrogen-bond donors (Lipinski definition) is 4. The highest BCUT2D eigenvalue weighted by atomic mass is 16.6. The van der Waals surface area contributed by atoms with Crippen LogP contribution in [-0.4, -0.2) is 65.7 Å². The van der Waals surface area contributed by atoms with Crippen LogP contribution >= 0.6 is 0 Å². The van der Waals surface area contributed by atoms with Crippen molar-refractivity contribution < 1.29 is 39.2 Å². The fourth-order valence-electron chi connectivity index (χ4n) is 4.48. The summed E-state index contributed by atoms with van der Waals surface area (Å²) in [4.78, 5) is 25.8. The van der Waals surface area contributed by atoms with Gasteiger partial charge in [0, 0.05) is 54.5 Å². The summed E-state index contributed by atoms with van der Waals surface area (Å²) in [6.45, 7) is 1.18. The molecule has 0 bridgehead atoms. The number of nitrogens with zero attached hydrogens (tertiary/aromatic N) is 1. The van der Waals surface area contributed by atoms with Gasteiger partial charge >= 0.3 is 5.97 Å². The van der Waals surface area contributed by atoms with Gasteiger partial charge in [0.15, 0.2) is 5.60 Å². The Morgan fingerprint density at radius 2 is 1.61 bits per heavy atom. The fourth-order valence-corrected chi connectivity index (χ4v) is 4.48. The summed E-state index contributed by atoms with van der Waals surface area (Å²) in [5.74, 6) is -0.494. The van der Waals surface area contributed by atoms with Gasteiger partial charge in [-0.2, -0.15) is 5.06 Å². The normalized spacial score (nSPS) is 14.6. The van der Waals surface area contributed by atoms with Crippen LogP contribution in [0.3, 0.4) is 0 Å². The Bertz CT molecular complexity index is 1300. The molecule has 3 aromatic rings. The second-order valence-electron chi connectivity index (χ2n) is 8.54. The second kappa shape index (κ2) is 9.15. The van der Waals surface area contributed by atoms with E-state index < -0.39 is 11.6 Å². The lowest BCUT2D eigenvalue weighted by Crippen LogP contribution is -2.33. The van der Waals surface area contributed by atoms with Gasteiger partial charge in [-0.15, -0.1) is 0 Å². The number of carbonyl (C=O) groups excluding carboxylic acids is 2. The number of phenolic OH excluding ortho intramolecular Hbond substituents is 2. The Morgan fingerprint density at radius 1 is 0.972 bits per heavy atom. The maximum absolute atomic E-state index is 13.1. The van der Waals surface area contributed by atoms with Crippen LogP contribution in [0.5, 0.6) is 23.0 Å². The monoisotopic (exact) mass is 492 g/mol. The molecule has 4 N–H and O–H groups in total. The molecule has 0 saturated heterocycles. The summed E-state index contributed by atoms with van der Waals surface area (Å²) in [6.07, 6.45) is 0. The molecule has 10 heteroatoms. The Kier molecular flexibility index (Phi) is 6.00. The van der Waals surface area contributed by atoms with E-state index >= 15 is 0 Å². The summed E-state index contributed by atoms with van der Waals surface area (Å²) in [5, 5.41) is 32.8. The Labute approximate surface area is 206 Å². The van der Waals surface area contributed by atoms with E-state index in [1.54, 1.807) is 24.3 Å². The van der Waals surface area contributed by atoms with Crippen LogP contribution in [0.1, 0.15) is 37.4 Å². The molecular weight excluding hydrogens is 468 g/mol. The number of phenols is 2. The van der Waals surface area contributed by atoms with Crippen molar-refractivity contribution in [3.05, 3.63) is 82.4 Å². The molecule has 0 radical (unpaired) electrons. The Balaban J connectivity index is 1.46. The lowest BCUT2D eigenvalue weighted by Gasteiger charge is -2.36. The van der Waals surface area contributed by atoms with Gasteiger partial charge in [0.05, 0.1) is 18.8 Å². The zero-order valence-corrected chi connectivity index (χ0v) is 19.4. The highest BCUT2D eigenvalue weighted by Gasteiger charge is 2.53. The number of carbonyl (C=O) groups is 2. The van der Waals surface area contributed by atoms with Crippen molar-refractivity contribution in [3.63, 3.8) is 0 Å². The van der Waals surface area contributed by atoms with Crippen LogP contribution in [0.15, 0.2) is 54.6 Å². The van der Waals surface area contributed by atoms with Gasteiger partial charge in [0.2, 0.25) is 0 Å². The lowest BCUT2D eigenvalue weighted by molar-refractivity contribution is -0.0800. The molecule has 0 saturated carbocycles. The predicted molar refractivity (Wildman–Crippen MR) is 126 cm³/mol. The average Bonchev–Trinajstić information content (AvgIpc) is 3.12. The lowest BCUT2D eigenvalue weighted by atomic mass is 9.77. The minimum Gasteiger partial charge on any atom is -0.508 e. The number of hydroxylamine groups is 2. The molecule has 0 aromatic heterocycles. The molecule has 2 heterocycles. The van der Waals surface area contributed by atoms with E-state index in [0.29, 0.717) is 29.8 Å². The summed E-state index contributed by atoms with van der Waals surface area (Å²) >= 11 is 0. The maximum atomic E-state index is 13.1. The van der Waals surface area contributed by atoms with E-state index in [0.717, 1.165) is 5.06 Å². The van der Waals surface area contributed by atoms with Gasteiger partial charge in [-0.25, -0.2) is 4.79 Å². The molecule has 0 aliphatic carbocycles. The van der Waals surface area contributed by atoms with Crippen LogP contribution in [0.25, 0.3) is 0 Å². The van der Waals surface area contributed by atoms with Crippen LogP contribution in [0.4, 0.5) is 0 Å². The molecule has 1 amide bonds. The predicted octanol–water partition coefficient (Wildman–Crippen LogP) is 2.73. The van der Waals surface area contributed by atoms with Crippen LogP contribution < -0.4 is 10.1 Å². The molecule has 10 nitrogen and oxygen atoms in total. The second-order valence-corrected chi connectivity index (χ2v) is 8.54. The fraction of sp³-hybridized carbons (Fsp3) is 0.231. The maximum Gasteiger partial charge on any atom is 0.340 e. The molecule has 2 aliphatic rings. The van der Waals surface area contributed by atoms with Crippen molar-refractivity contribution in [1.82, 2.24) is 10.4 Å². The summed E-state index contributed by atoms with van der Waals surface area (Å²) < 4.78 is 17.3. The SMILES string of the molecule is CN(O)CCOCCNC(=O)c1ccc2c(c1)C(=O)OC21c2ccc(O)cc2Oc2cc(O)ccc21.